The van der Waals surface area contributed by atoms with E-state index < -0.39 is 12.3 Å². The van der Waals surface area contributed by atoms with Crippen molar-refractivity contribution in [3.8, 4) is 0 Å². The molecule has 2 aromatic rings. The Balaban J connectivity index is 1.48. The van der Waals surface area contributed by atoms with E-state index >= 15 is 0 Å². The molecule has 2 aliphatic rings. The standard InChI is InChI=1S/C24H26F2N4O3/c1-16(33-23(27)22(25)26)17-7-8-18-15-30(24(31)20(18)13-17)28(2)14-19-5-3-4-6-21(19)29-9-11-32-12-10-29/h3-8,13,22,27H,1,9-12,14-15H2,2H3. The van der Waals surface area contributed by atoms with Crippen LogP contribution < -0.4 is 4.90 Å². The van der Waals surface area contributed by atoms with Gasteiger partial charge in [0.1, 0.15) is 5.76 Å². The molecule has 0 radical (unpaired) electrons. The van der Waals surface area contributed by atoms with Crippen LogP contribution in [-0.2, 0) is 22.6 Å². The summed E-state index contributed by atoms with van der Waals surface area (Å²) in [6.07, 6.45) is -3.03. The van der Waals surface area contributed by atoms with Crippen LogP contribution >= 0.6 is 0 Å². The van der Waals surface area contributed by atoms with Crippen LogP contribution in [0.4, 0.5) is 14.5 Å². The maximum Gasteiger partial charge on any atom is 0.312 e. The molecule has 0 spiro atoms. The van der Waals surface area contributed by atoms with Gasteiger partial charge in [0.05, 0.1) is 19.8 Å². The predicted molar refractivity (Wildman–Crippen MR) is 121 cm³/mol. The Morgan fingerprint density at radius 3 is 2.70 bits per heavy atom. The van der Waals surface area contributed by atoms with E-state index in [9.17, 15) is 13.6 Å². The lowest BCUT2D eigenvalue weighted by atomic mass is 10.1. The fourth-order valence-corrected chi connectivity index (χ4v) is 4.06. The molecular formula is C24H26F2N4O3. The number of fused-ring (bicyclic) bond motifs is 1. The Hall–Kier alpha value is -3.30. The molecule has 0 saturated carbocycles. The van der Waals surface area contributed by atoms with Crippen molar-refractivity contribution in [2.24, 2.45) is 0 Å². The molecular weight excluding hydrogens is 430 g/mol. The molecule has 9 heteroatoms. The van der Waals surface area contributed by atoms with Gasteiger partial charge in [-0.15, -0.1) is 0 Å². The number of hydrazine groups is 1. The third kappa shape index (κ3) is 4.89. The van der Waals surface area contributed by atoms with Crippen molar-refractivity contribution in [1.82, 2.24) is 10.0 Å². The van der Waals surface area contributed by atoms with Crippen LogP contribution in [0.3, 0.4) is 0 Å². The maximum atomic E-state index is 13.1. The van der Waals surface area contributed by atoms with E-state index in [2.05, 4.69) is 23.6 Å². The lowest BCUT2D eigenvalue weighted by Gasteiger charge is -2.33. The van der Waals surface area contributed by atoms with E-state index in [1.165, 1.54) is 0 Å². The first-order valence-corrected chi connectivity index (χ1v) is 10.7. The van der Waals surface area contributed by atoms with Gasteiger partial charge < -0.3 is 14.4 Å². The number of rotatable bonds is 7. The first-order chi connectivity index (χ1) is 15.8. The van der Waals surface area contributed by atoms with Gasteiger partial charge in [0.15, 0.2) is 0 Å². The van der Waals surface area contributed by atoms with Crippen molar-refractivity contribution < 1.29 is 23.0 Å². The fourth-order valence-electron chi connectivity index (χ4n) is 4.06. The van der Waals surface area contributed by atoms with Crippen LogP contribution in [0.1, 0.15) is 27.0 Å². The monoisotopic (exact) mass is 456 g/mol. The fraction of sp³-hybridized carbons (Fsp3) is 0.333. The van der Waals surface area contributed by atoms with Gasteiger partial charge in [-0.2, -0.15) is 8.78 Å². The average molecular weight is 456 g/mol. The van der Waals surface area contributed by atoms with E-state index in [0.29, 0.717) is 37.4 Å². The minimum absolute atomic E-state index is 0.0952. The van der Waals surface area contributed by atoms with Crippen molar-refractivity contribution in [2.75, 3.05) is 38.3 Å². The SMILES string of the molecule is C=C(OC(=N)C(F)F)c1ccc2c(c1)C(=O)N(N(C)Cc1ccccc1N1CCOCC1)C2. The molecule has 1 N–H and O–H groups in total. The molecule has 0 aromatic heterocycles. The van der Waals surface area contributed by atoms with Crippen molar-refractivity contribution in [3.63, 3.8) is 0 Å². The summed E-state index contributed by atoms with van der Waals surface area (Å²) >= 11 is 0. The zero-order valence-electron chi connectivity index (χ0n) is 18.4. The second-order valence-corrected chi connectivity index (χ2v) is 7.97. The quantitative estimate of drug-likeness (QED) is 0.390. The Morgan fingerprint density at radius 2 is 1.97 bits per heavy atom. The number of morpholine rings is 1. The molecule has 1 saturated heterocycles. The minimum Gasteiger partial charge on any atom is -0.438 e. The van der Waals surface area contributed by atoms with Crippen LogP contribution in [0.15, 0.2) is 49.0 Å². The third-order valence-electron chi connectivity index (χ3n) is 5.80. The van der Waals surface area contributed by atoms with Crippen LogP contribution in [-0.4, -0.2) is 61.6 Å². The molecule has 174 valence electrons. The summed E-state index contributed by atoms with van der Waals surface area (Å²) in [5.74, 6) is -1.45. The minimum atomic E-state index is -3.03. The van der Waals surface area contributed by atoms with Crippen molar-refractivity contribution >= 4 is 23.3 Å². The summed E-state index contributed by atoms with van der Waals surface area (Å²) in [5, 5.41) is 10.7. The number of benzene rings is 2. The number of halogens is 2. The highest BCUT2D eigenvalue weighted by Gasteiger charge is 2.31. The summed E-state index contributed by atoms with van der Waals surface area (Å²) < 4.78 is 35.4. The third-order valence-corrected chi connectivity index (χ3v) is 5.80. The normalized spacial score (nSPS) is 15.8. The molecule has 0 atom stereocenters. The average Bonchev–Trinajstić information content (AvgIpc) is 3.15. The lowest BCUT2D eigenvalue weighted by Crippen LogP contribution is -2.40. The highest BCUT2D eigenvalue weighted by atomic mass is 19.3. The number of anilines is 1. The van der Waals surface area contributed by atoms with Gasteiger partial charge in [0.2, 0.25) is 0 Å². The number of nitrogens with zero attached hydrogens (tertiary/aromatic N) is 3. The molecule has 33 heavy (non-hydrogen) atoms. The Bertz CT molecular complexity index is 1070. The van der Waals surface area contributed by atoms with E-state index in [1.807, 2.05) is 24.2 Å². The lowest BCUT2D eigenvalue weighted by molar-refractivity contribution is 0.00276. The summed E-state index contributed by atoms with van der Waals surface area (Å²) in [6, 6.07) is 13.1. The molecule has 2 aromatic carbocycles. The molecule has 4 rings (SSSR count). The number of alkyl halides is 2. The van der Waals surface area contributed by atoms with Gasteiger partial charge in [-0.1, -0.05) is 36.9 Å². The Labute approximate surface area is 191 Å². The van der Waals surface area contributed by atoms with Crippen molar-refractivity contribution in [2.45, 2.75) is 19.5 Å². The topological polar surface area (TPSA) is 69.1 Å². The van der Waals surface area contributed by atoms with Gasteiger partial charge in [0, 0.05) is 43.5 Å². The molecule has 0 bridgehead atoms. The molecule has 0 unspecified atom stereocenters. The zero-order valence-corrected chi connectivity index (χ0v) is 18.4. The number of para-hydroxylation sites is 1. The number of ether oxygens (including phenoxy) is 2. The molecule has 2 aliphatic heterocycles. The van der Waals surface area contributed by atoms with Crippen LogP contribution in [0, 0.1) is 5.41 Å². The van der Waals surface area contributed by atoms with Gasteiger partial charge in [0.25, 0.3) is 11.8 Å². The van der Waals surface area contributed by atoms with Gasteiger partial charge in [-0.25, -0.2) is 5.01 Å². The van der Waals surface area contributed by atoms with E-state index in [0.717, 1.165) is 29.9 Å². The number of amides is 1. The second kappa shape index (κ2) is 9.68. The summed E-state index contributed by atoms with van der Waals surface area (Å²) in [7, 11) is 1.87. The Kier molecular flexibility index (Phi) is 6.71. The molecule has 0 aliphatic carbocycles. The van der Waals surface area contributed by atoms with Crippen molar-refractivity contribution in [1.29, 1.82) is 5.41 Å². The number of carbonyl (C=O) groups excluding carboxylic acids is 1. The number of hydrogen-bond donors (Lipinski definition) is 1. The zero-order chi connectivity index (χ0) is 23.5. The molecule has 2 heterocycles. The van der Waals surface area contributed by atoms with Gasteiger partial charge in [-0.05, 0) is 23.3 Å². The predicted octanol–water partition coefficient (Wildman–Crippen LogP) is 3.76. The highest BCUT2D eigenvalue weighted by molar-refractivity contribution is 5.99. The van der Waals surface area contributed by atoms with Crippen LogP contribution in [0.2, 0.25) is 0 Å². The first-order valence-electron chi connectivity index (χ1n) is 10.7. The molecule has 7 nitrogen and oxygen atoms in total. The summed E-state index contributed by atoms with van der Waals surface area (Å²) in [5.41, 5.74) is 3.92. The van der Waals surface area contributed by atoms with Crippen LogP contribution in [0.5, 0.6) is 0 Å². The first kappa shape index (κ1) is 22.9. The second-order valence-electron chi connectivity index (χ2n) is 7.97. The highest BCUT2D eigenvalue weighted by Crippen LogP contribution is 2.29. The summed E-state index contributed by atoms with van der Waals surface area (Å²) in [6.45, 7) is 7.60. The van der Waals surface area contributed by atoms with Crippen LogP contribution in [0.25, 0.3) is 5.76 Å². The number of hydrogen-bond acceptors (Lipinski definition) is 6. The van der Waals surface area contributed by atoms with E-state index in [-0.39, 0.29) is 11.7 Å². The molecule has 1 fully saturated rings. The van der Waals surface area contributed by atoms with E-state index in [1.54, 1.807) is 23.2 Å². The van der Waals surface area contributed by atoms with Gasteiger partial charge >= 0.3 is 6.43 Å². The van der Waals surface area contributed by atoms with Gasteiger partial charge in [-0.3, -0.25) is 15.2 Å². The largest absolute Gasteiger partial charge is 0.438 e. The maximum absolute atomic E-state index is 13.1. The Morgan fingerprint density at radius 1 is 1.24 bits per heavy atom. The number of nitrogens with one attached hydrogen (secondary N) is 1. The van der Waals surface area contributed by atoms with E-state index in [4.69, 9.17) is 14.9 Å². The van der Waals surface area contributed by atoms with Crippen molar-refractivity contribution in [3.05, 3.63) is 71.3 Å². The smallest absolute Gasteiger partial charge is 0.312 e. The molecule has 1 amide bonds. The number of carbonyl (C=O) groups is 1. The summed E-state index contributed by atoms with van der Waals surface area (Å²) in [4.78, 5) is 15.4.